The molecule has 0 aliphatic heterocycles. The molecule has 23 heavy (non-hydrogen) atoms. The third kappa shape index (κ3) is 4.59. The van der Waals surface area contributed by atoms with E-state index in [0.29, 0.717) is 16.7 Å². The van der Waals surface area contributed by atoms with Gasteiger partial charge in [0.2, 0.25) is 0 Å². The number of amides is 2. The van der Waals surface area contributed by atoms with Crippen molar-refractivity contribution in [3.8, 4) is 5.75 Å². The number of carbonyl (C=O) groups excluding carboxylic acids is 3. The van der Waals surface area contributed by atoms with Gasteiger partial charge in [-0.25, -0.2) is 0 Å². The second kappa shape index (κ2) is 7.32. The molecule has 1 aromatic rings. The molecule has 1 aromatic carbocycles. The zero-order chi connectivity index (χ0) is 17.0. The molecule has 1 aliphatic carbocycles. The molecule has 0 aromatic heterocycles. The van der Waals surface area contributed by atoms with Crippen LogP contribution in [0.3, 0.4) is 0 Å². The Morgan fingerprint density at radius 3 is 2.61 bits per heavy atom. The Morgan fingerprint density at radius 1 is 1.30 bits per heavy atom. The molecule has 0 saturated heterocycles. The van der Waals surface area contributed by atoms with E-state index in [2.05, 4.69) is 10.9 Å². The van der Waals surface area contributed by atoms with Crippen LogP contribution in [0.25, 0.3) is 0 Å². The summed E-state index contributed by atoms with van der Waals surface area (Å²) in [6.45, 7) is 1.49. The molecule has 0 unspecified atom stereocenters. The van der Waals surface area contributed by atoms with Crippen molar-refractivity contribution in [1.29, 1.82) is 0 Å². The highest BCUT2D eigenvalue weighted by Crippen LogP contribution is 2.38. The molecule has 2 atom stereocenters. The second-order valence-electron chi connectivity index (χ2n) is 5.27. The molecule has 2 rings (SSSR count). The number of rotatable bonds is 5. The topological polar surface area (TPSA) is 93.7 Å². The summed E-state index contributed by atoms with van der Waals surface area (Å²) in [7, 11) is 1.41. The van der Waals surface area contributed by atoms with E-state index in [4.69, 9.17) is 21.1 Å². The van der Waals surface area contributed by atoms with Gasteiger partial charge in [-0.3, -0.25) is 25.2 Å². The fraction of sp³-hybridized carbons (Fsp3) is 0.400. The average molecular weight is 341 g/mol. The fourth-order valence-corrected chi connectivity index (χ4v) is 2.15. The summed E-state index contributed by atoms with van der Waals surface area (Å²) in [6, 6.07) is 4.53. The van der Waals surface area contributed by atoms with Crippen LogP contribution in [0.15, 0.2) is 18.2 Å². The van der Waals surface area contributed by atoms with Crippen LogP contribution in [0.5, 0.6) is 5.75 Å². The summed E-state index contributed by atoms with van der Waals surface area (Å²) in [5, 5.41) is 0.356. The number of benzene rings is 1. The molecular weight excluding hydrogens is 324 g/mol. The summed E-state index contributed by atoms with van der Waals surface area (Å²) in [5.74, 6) is -1.12. The maximum Gasteiger partial charge on any atom is 0.309 e. The van der Waals surface area contributed by atoms with Crippen LogP contribution in [0.4, 0.5) is 0 Å². The number of halogens is 1. The van der Waals surface area contributed by atoms with E-state index in [1.165, 1.54) is 19.2 Å². The third-order valence-electron chi connectivity index (χ3n) is 3.48. The highest BCUT2D eigenvalue weighted by molar-refractivity contribution is 6.31. The van der Waals surface area contributed by atoms with Crippen molar-refractivity contribution >= 4 is 29.4 Å². The van der Waals surface area contributed by atoms with Crippen molar-refractivity contribution < 1.29 is 23.9 Å². The molecule has 0 heterocycles. The number of nitrogens with one attached hydrogen (secondary N) is 2. The average Bonchev–Trinajstić information content (AvgIpc) is 3.27. The molecule has 1 fully saturated rings. The van der Waals surface area contributed by atoms with Gasteiger partial charge in [0.1, 0.15) is 5.75 Å². The van der Waals surface area contributed by atoms with Crippen molar-refractivity contribution in [3.05, 3.63) is 28.8 Å². The maximum atomic E-state index is 12.0. The van der Waals surface area contributed by atoms with Crippen molar-refractivity contribution in [2.45, 2.75) is 13.3 Å². The normalized spacial score (nSPS) is 18.7. The monoisotopic (exact) mass is 340 g/mol. The summed E-state index contributed by atoms with van der Waals surface area (Å²) in [6.07, 6.45) is 0.783. The summed E-state index contributed by atoms with van der Waals surface area (Å²) >= 11 is 5.83. The predicted molar refractivity (Wildman–Crippen MR) is 81.8 cm³/mol. The lowest BCUT2D eigenvalue weighted by atomic mass is 10.2. The molecule has 0 spiro atoms. The van der Waals surface area contributed by atoms with E-state index in [9.17, 15) is 14.4 Å². The first-order valence-corrected chi connectivity index (χ1v) is 7.39. The predicted octanol–water partition coefficient (Wildman–Crippen LogP) is 1.31. The first kappa shape index (κ1) is 17.1. The van der Waals surface area contributed by atoms with E-state index in [1.807, 2.05) is 6.92 Å². The van der Waals surface area contributed by atoms with Gasteiger partial charge in [0.05, 0.1) is 18.6 Å². The first-order chi connectivity index (χ1) is 10.9. The van der Waals surface area contributed by atoms with Gasteiger partial charge in [-0.1, -0.05) is 18.5 Å². The Balaban J connectivity index is 1.80. The molecule has 8 heteroatoms. The lowest BCUT2D eigenvalue weighted by molar-refractivity contribution is -0.150. The van der Waals surface area contributed by atoms with E-state index in [1.54, 1.807) is 6.07 Å². The molecule has 1 saturated carbocycles. The minimum absolute atomic E-state index is 0.117. The number of hydrogen-bond acceptors (Lipinski definition) is 5. The zero-order valence-corrected chi connectivity index (χ0v) is 13.5. The lowest BCUT2D eigenvalue weighted by Crippen LogP contribution is -2.43. The van der Waals surface area contributed by atoms with Gasteiger partial charge < -0.3 is 9.47 Å². The molecule has 2 N–H and O–H groups in total. The number of hydrogen-bond donors (Lipinski definition) is 2. The minimum atomic E-state index is -0.638. The molecule has 7 nitrogen and oxygen atoms in total. The molecular formula is C15H17ClN2O5. The fourth-order valence-electron chi connectivity index (χ4n) is 1.98. The smallest absolute Gasteiger partial charge is 0.309 e. The lowest BCUT2D eigenvalue weighted by Gasteiger charge is -2.11. The van der Waals surface area contributed by atoms with Gasteiger partial charge >= 0.3 is 5.97 Å². The van der Waals surface area contributed by atoms with E-state index in [-0.39, 0.29) is 11.5 Å². The van der Waals surface area contributed by atoms with Crippen LogP contribution in [0.1, 0.15) is 23.7 Å². The number of methoxy groups -OCH3 is 1. The number of ether oxygens (including phenoxy) is 2. The van der Waals surface area contributed by atoms with Gasteiger partial charge in [-0.2, -0.15) is 0 Å². The van der Waals surface area contributed by atoms with Crippen LogP contribution in [0, 0.1) is 11.8 Å². The van der Waals surface area contributed by atoms with Crippen molar-refractivity contribution in [2.24, 2.45) is 11.8 Å². The minimum Gasteiger partial charge on any atom is -0.496 e. The third-order valence-corrected chi connectivity index (χ3v) is 3.71. The number of hydrazine groups is 1. The Labute approximate surface area is 138 Å². The van der Waals surface area contributed by atoms with Crippen LogP contribution in [0.2, 0.25) is 5.02 Å². The van der Waals surface area contributed by atoms with Gasteiger partial charge in [-0.15, -0.1) is 0 Å². The van der Waals surface area contributed by atoms with Crippen molar-refractivity contribution in [1.82, 2.24) is 10.9 Å². The molecule has 1 aliphatic rings. The van der Waals surface area contributed by atoms with Crippen LogP contribution >= 0.6 is 11.6 Å². The van der Waals surface area contributed by atoms with Crippen molar-refractivity contribution in [2.75, 3.05) is 13.7 Å². The van der Waals surface area contributed by atoms with Crippen molar-refractivity contribution in [3.63, 3.8) is 0 Å². The van der Waals surface area contributed by atoms with Crippen LogP contribution < -0.4 is 15.6 Å². The summed E-state index contributed by atoms with van der Waals surface area (Å²) < 4.78 is 9.90. The van der Waals surface area contributed by atoms with E-state index < -0.39 is 24.4 Å². The van der Waals surface area contributed by atoms with Crippen LogP contribution in [-0.2, 0) is 14.3 Å². The highest BCUT2D eigenvalue weighted by Gasteiger charge is 2.40. The maximum absolute atomic E-state index is 12.0. The highest BCUT2D eigenvalue weighted by atomic mass is 35.5. The summed E-state index contributed by atoms with van der Waals surface area (Å²) in [5.41, 5.74) is 4.54. The Bertz CT molecular complexity index is 634. The second-order valence-corrected chi connectivity index (χ2v) is 5.71. The molecule has 0 bridgehead atoms. The summed E-state index contributed by atoms with van der Waals surface area (Å²) in [4.78, 5) is 35.1. The number of carbonyl (C=O) groups is 3. The van der Waals surface area contributed by atoms with Gasteiger partial charge in [-0.05, 0) is 30.5 Å². The Kier molecular flexibility index (Phi) is 5.44. The molecule has 0 radical (unpaired) electrons. The Hall–Kier alpha value is -2.28. The SMILES string of the molecule is COc1ccc(Cl)cc1C(=O)NNC(=O)COC(=O)[C@@H]1C[C@@H]1C. The van der Waals surface area contributed by atoms with Crippen LogP contribution in [-0.4, -0.2) is 31.5 Å². The van der Waals surface area contributed by atoms with Gasteiger partial charge in [0, 0.05) is 5.02 Å². The zero-order valence-electron chi connectivity index (χ0n) is 12.7. The largest absolute Gasteiger partial charge is 0.496 e. The quantitative estimate of drug-likeness (QED) is 0.622. The Morgan fingerprint density at radius 2 is 2.00 bits per heavy atom. The van der Waals surface area contributed by atoms with Gasteiger partial charge in [0.25, 0.3) is 11.8 Å². The molecule has 2 amide bonds. The van der Waals surface area contributed by atoms with Gasteiger partial charge in [0.15, 0.2) is 6.61 Å². The van der Waals surface area contributed by atoms with E-state index >= 15 is 0 Å². The standard InChI is InChI=1S/C15H17ClN2O5/c1-8-5-10(8)15(21)23-7-13(19)17-18-14(20)11-6-9(16)3-4-12(11)22-2/h3-4,6,8,10H,5,7H2,1-2H3,(H,17,19)(H,18,20)/t8-,10+/m0/s1. The first-order valence-electron chi connectivity index (χ1n) is 7.01. The van der Waals surface area contributed by atoms with E-state index in [0.717, 1.165) is 6.42 Å². The molecule has 124 valence electrons. The number of esters is 1.